The third kappa shape index (κ3) is 0.428. The van der Waals surface area contributed by atoms with Crippen LogP contribution in [0.3, 0.4) is 0 Å². The highest BCUT2D eigenvalue weighted by Gasteiger charge is 2.11. The van der Waals surface area contributed by atoms with E-state index in [1.807, 2.05) is 6.92 Å². The molecule has 1 heterocycles. The molecule has 0 N–H and O–H groups in total. The summed E-state index contributed by atoms with van der Waals surface area (Å²) in [6.45, 7) is 4.66. The van der Waals surface area contributed by atoms with Crippen molar-refractivity contribution in [1.29, 1.82) is 0 Å². The smallest absolute Gasteiger partial charge is 0.0925 e. The van der Waals surface area contributed by atoms with Gasteiger partial charge in [-0.05, 0) is 0 Å². The van der Waals surface area contributed by atoms with Gasteiger partial charge in [-0.15, -0.1) is 0 Å². The maximum Gasteiger partial charge on any atom is 0.0925 e. The zero-order valence-electron chi connectivity index (χ0n) is 3.19. The molecule has 1 rings (SSSR count). The van der Waals surface area contributed by atoms with Crippen molar-refractivity contribution >= 4 is 0 Å². The summed E-state index contributed by atoms with van der Waals surface area (Å²) >= 11 is 0. The molecule has 1 heteroatoms. The van der Waals surface area contributed by atoms with Gasteiger partial charge in [0.05, 0.1) is 13.2 Å². The first-order chi connectivity index (χ1) is 2.39. The van der Waals surface area contributed by atoms with E-state index in [0.29, 0.717) is 0 Å². The fourth-order valence-corrected chi connectivity index (χ4v) is 0.250. The zero-order chi connectivity index (χ0) is 3.70. The third-order valence-electron chi connectivity index (χ3n) is 0.596. The number of rotatable bonds is 0. The van der Waals surface area contributed by atoms with E-state index >= 15 is 0 Å². The maximum absolute atomic E-state index is 4.67. The average molecular weight is 70.1 g/mol. The summed E-state index contributed by atoms with van der Waals surface area (Å²) < 4.78 is 4.67. The van der Waals surface area contributed by atoms with E-state index < -0.39 is 0 Å². The Hall–Kier alpha value is -0.0400. The minimum Gasteiger partial charge on any atom is -0.374 e. The summed E-state index contributed by atoms with van der Waals surface area (Å²) in [5.41, 5.74) is 0. The quantitative estimate of drug-likeness (QED) is 0.409. The molecular weight excluding hydrogens is 64.0 g/mol. The zero-order valence-corrected chi connectivity index (χ0v) is 3.19. The van der Waals surface area contributed by atoms with Crippen LogP contribution < -0.4 is 0 Å². The molecular formula is C4H6O. The van der Waals surface area contributed by atoms with Crippen LogP contribution in [0, 0.1) is 12.5 Å². The van der Waals surface area contributed by atoms with Crippen molar-refractivity contribution in [3.8, 4) is 0 Å². The summed E-state index contributed by atoms with van der Waals surface area (Å²) in [7, 11) is 0. The van der Waals surface area contributed by atoms with Gasteiger partial charge < -0.3 is 4.74 Å². The standard InChI is InChI=1S/C4H6O/c1-4-2-5-3-4/h2H,3H2,1H3. The summed E-state index contributed by atoms with van der Waals surface area (Å²) in [5.74, 6) is 1.34. The van der Waals surface area contributed by atoms with Crippen LogP contribution >= 0.6 is 0 Å². The van der Waals surface area contributed by atoms with E-state index in [0.717, 1.165) is 6.61 Å². The fraction of sp³-hybridized carbons (Fsp3) is 0.500. The summed E-state index contributed by atoms with van der Waals surface area (Å²) in [6.07, 6.45) is 0. The first-order valence-electron chi connectivity index (χ1n) is 1.67. The van der Waals surface area contributed by atoms with Crippen molar-refractivity contribution in [3.05, 3.63) is 12.5 Å². The van der Waals surface area contributed by atoms with Crippen molar-refractivity contribution < 1.29 is 4.74 Å². The van der Waals surface area contributed by atoms with Gasteiger partial charge in [0.15, 0.2) is 0 Å². The third-order valence-corrected chi connectivity index (χ3v) is 0.596. The molecule has 0 unspecified atom stereocenters. The molecule has 0 amide bonds. The van der Waals surface area contributed by atoms with Crippen molar-refractivity contribution in [1.82, 2.24) is 0 Å². The van der Waals surface area contributed by atoms with Gasteiger partial charge in [-0.2, -0.15) is 0 Å². The molecule has 2 radical (unpaired) electrons. The molecule has 1 aliphatic rings. The van der Waals surface area contributed by atoms with Crippen LogP contribution in [0.25, 0.3) is 0 Å². The Morgan fingerprint density at radius 1 is 2.00 bits per heavy atom. The van der Waals surface area contributed by atoms with E-state index in [1.165, 1.54) is 5.92 Å². The van der Waals surface area contributed by atoms with Gasteiger partial charge in [0.25, 0.3) is 0 Å². The molecule has 0 aromatic rings. The Kier molecular flexibility index (Phi) is 0.618. The molecule has 0 saturated carbocycles. The molecule has 0 bridgehead atoms. The molecule has 1 aliphatic heterocycles. The number of ether oxygens (including phenoxy) is 1. The Balaban J connectivity index is 2.08. The van der Waals surface area contributed by atoms with Crippen molar-refractivity contribution in [2.75, 3.05) is 6.61 Å². The van der Waals surface area contributed by atoms with Crippen LogP contribution in [0.15, 0.2) is 0 Å². The molecule has 1 fully saturated rings. The predicted octanol–water partition coefficient (Wildman–Crippen LogP) is 0.773. The molecule has 1 saturated heterocycles. The Labute approximate surface area is 31.9 Å². The minimum absolute atomic E-state index is 0.847. The fourth-order valence-electron chi connectivity index (χ4n) is 0.250. The first kappa shape index (κ1) is 3.16. The van der Waals surface area contributed by atoms with Crippen LogP contribution in [0.1, 0.15) is 6.92 Å². The summed E-state index contributed by atoms with van der Waals surface area (Å²) in [5, 5.41) is 0. The maximum atomic E-state index is 4.67. The average Bonchev–Trinajstić information content (AvgIpc) is 1.30. The summed E-state index contributed by atoms with van der Waals surface area (Å²) in [4.78, 5) is 0. The molecule has 1 nitrogen and oxygen atoms in total. The predicted molar refractivity (Wildman–Crippen MR) is 19.2 cm³/mol. The van der Waals surface area contributed by atoms with E-state index in [9.17, 15) is 0 Å². The lowest BCUT2D eigenvalue weighted by Gasteiger charge is -2.18. The highest BCUT2D eigenvalue weighted by Crippen LogP contribution is 2.14. The van der Waals surface area contributed by atoms with Gasteiger partial charge in [-0.25, -0.2) is 0 Å². The molecule has 28 valence electrons. The van der Waals surface area contributed by atoms with E-state index in [2.05, 4.69) is 4.74 Å². The van der Waals surface area contributed by atoms with Gasteiger partial charge in [-0.3, -0.25) is 0 Å². The minimum atomic E-state index is 0.847. The van der Waals surface area contributed by atoms with Gasteiger partial charge in [0, 0.05) is 5.92 Å². The number of hydrogen-bond donors (Lipinski definition) is 0. The highest BCUT2D eigenvalue weighted by molar-refractivity contribution is 5.01. The van der Waals surface area contributed by atoms with Crippen LogP contribution in [0.4, 0.5) is 0 Å². The second-order valence-electron chi connectivity index (χ2n) is 1.28. The summed E-state index contributed by atoms with van der Waals surface area (Å²) in [6, 6.07) is 0. The molecule has 0 aromatic carbocycles. The second kappa shape index (κ2) is 0.977. The van der Waals surface area contributed by atoms with Crippen LogP contribution in [-0.2, 0) is 4.74 Å². The lowest BCUT2D eigenvalue weighted by molar-refractivity contribution is 0.133. The van der Waals surface area contributed by atoms with Crippen LogP contribution in [0.2, 0.25) is 0 Å². The molecule has 0 atom stereocenters. The first-order valence-corrected chi connectivity index (χ1v) is 1.67. The SMILES string of the molecule is C[C]1[CH]OC1. The lowest BCUT2D eigenvalue weighted by atomic mass is 10.2. The van der Waals surface area contributed by atoms with Crippen molar-refractivity contribution in [2.45, 2.75) is 6.92 Å². The van der Waals surface area contributed by atoms with Crippen molar-refractivity contribution in [2.24, 2.45) is 0 Å². The Morgan fingerprint density at radius 3 is 2.40 bits per heavy atom. The topological polar surface area (TPSA) is 9.23 Å². The van der Waals surface area contributed by atoms with Crippen LogP contribution in [-0.4, -0.2) is 6.61 Å². The van der Waals surface area contributed by atoms with E-state index in [-0.39, 0.29) is 0 Å². The number of hydrogen-bond acceptors (Lipinski definition) is 1. The Morgan fingerprint density at radius 2 is 2.40 bits per heavy atom. The van der Waals surface area contributed by atoms with Crippen molar-refractivity contribution in [3.63, 3.8) is 0 Å². The largest absolute Gasteiger partial charge is 0.374 e. The van der Waals surface area contributed by atoms with Gasteiger partial charge in [0.2, 0.25) is 0 Å². The highest BCUT2D eigenvalue weighted by atomic mass is 16.5. The molecule has 5 heavy (non-hydrogen) atoms. The molecule has 0 aliphatic carbocycles. The van der Waals surface area contributed by atoms with Gasteiger partial charge in [-0.1, -0.05) is 6.92 Å². The normalized spacial score (nSPS) is 25.8. The van der Waals surface area contributed by atoms with Crippen LogP contribution in [0.5, 0.6) is 0 Å². The monoisotopic (exact) mass is 70.0 g/mol. The van der Waals surface area contributed by atoms with E-state index in [4.69, 9.17) is 0 Å². The van der Waals surface area contributed by atoms with Gasteiger partial charge in [0.1, 0.15) is 0 Å². The second-order valence-corrected chi connectivity index (χ2v) is 1.28. The Bertz CT molecular complexity index is 30.6. The molecule has 0 spiro atoms. The molecule has 0 aromatic heterocycles. The van der Waals surface area contributed by atoms with Gasteiger partial charge >= 0.3 is 0 Å². The van der Waals surface area contributed by atoms with E-state index in [1.54, 1.807) is 6.61 Å². The lowest BCUT2D eigenvalue weighted by Crippen LogP contribution is -2.15.